The van der Waals surface area contributed by atoms with Crippen LogP contribution in [0.2, 0.25) is 0 Å². The molecule has 6 N–H and O–H groups in total. The molecule has 0 aliphatic carbocycles. The highest BCUT2D eigenvalue weighted by Gasteiger charge is 2.44. The first kappa shape index (κ1) is 56.2. The molecule has 9 heteroatoms. The summed E-state index contributed by atoms with van der Waals surface area (Å²) in [6.07, 6.45) is 39.9. The van der Waals surface area contributed by atoms with E-state index in [0.717, 1.165) is 38.5 Å². The van der Waals surface area contributed by atoms with Crippen molar-refractivity contribution < 1.29 is 39.8 Å². The smallest absolute Gasteiger partial charge is 0.220 e. The lowest BCUT2D eigenvalue weighted by Gasteiger charge is -2.40. The van der Waals surface area contributed by atoms with E-state index in [0.29, 0.717) is 12.8 Å². The summed E-state index contributed by atoms with van der Waals surface area (Å²) in [6.45, 7) is 3.85. The summed E-state index contributed by atoms with van der Waals surface area (Å²) < 4.78 is 11.3. The number of aliphatic hydroxyl groups is 5. The van der Waals surface area contributed by atoms with Gasteiger partial charge in [-0.15, -0.1) is 0 Å². The van der Waals surface area contributed by atoms with Crippen LogP contribution in [0.3, 0.4) is 0 Å². The minimum atomic E-state index is -1.55. The molecule has 0 aromatic carbocycles. The number of carbonyl (C=O) groups is 1. The Kier molecular flexibility index (Phi) is 39.3. The largest absolute Gasteiger partial charge is 0.394 e. The van der Waals surface area contributed by atoms with Gasteiger partial charge in [0.25, 0.3) is 0 Å². The lowest BCUT2D eigenvalue weighted by Crippen LogP contribution is -2.60. The molecule has 1 saturated heterocycles. The fourth-order valence-corrected chi connectivity index (χ4v) is 8.58. The molecule has 1 fully saturated rings. The topological polar surface area (TPSA) is 149 Å². The van der Waals surface area contributed by atoms with E-state index in [1.807, 2.05) is 0 Å². The van der Waals surface area contributed by atoms with Gasteiger partial charge in [0.05, 0.1) is 25.4 Å². The predicted octanol–water partition coefficient (Wildman–Crippen LogP) is 11.5. The molecule has 0 spiro atoms. The van der Waals surface area contributed by atoms with Crippen LogP contribution in [0.15, 0.2) is 0 Å². The van der Waals surface area contributed by atoms with Gasteiger partial charge >= 0.3 is 0 Å². The first-order chi connectivity index (χ1) is 28.8. The lowest BCUT2D eigenvalue weighted by molar-refractivity contribution is -0.302. The van der Waals surface area contributed by atoms with Gasteiger partial charge in [-0.25, -0.2) is 0 Å². The average molecular weight is 842 g/mol. The monoisotopic (exact) mass is 842 g/mol. The third kappa shape index (κ3) is 31.6. The second-order valence-electron chi connectivity index (χ2n) is 18.3. The highest BCUT2D eigenvalue weighted by Crippen LogP contribution is 2.23. The molecule has 9 nitrogen and oxygen atoms in total. The maximum absolute atomic E-state index is 13.0. The number of carbonyl (C=O) groups excluding carboxylic acids is 1. The number of hydrogen-bond donors (Lipinski definition) is 6. The standard InChI is InChI=1S/C50H99NO8/c1-3-5-7-9-11-13-15-16-17-18-19-20-21-22-23-24-25-26-27-28-30-32-34-36-38-40-46(54)51-43(42-58-50-49(57)48(56)47(55)45(41-52)59-50)44(53)39-37-35-33-31-29-14-12-10-8-6-4-2/h43-45,47-50,52-53,55-57H,3-42H2,1-2H3,(H,51,54)/t43-,44+,45+,47+,48?,49?,50+/m0/s1. The van der Waals surface area contributed by atoms with Crippen LogP contribution in [0.25, 0.3) is 0 Å². The third-order valence-electron chi connectivity index (χ3n) is 12.7. The first-order valence-corrected chi connectivity index (χ1v) is 25.7. The van der Waals surface area contributed by atoms with Gasteiger partial charge in [0.2, 0.25) is 5.91 Å². The van der Waals surface area contributed by atoms with Gasteiger partial charge in [0, 0.05) is 6.42 Å². The van der Waals surface area contributed by atoms with E-state index in [4.69, 9.17) is 9.47 Å². The molecule has 0 saturated carbocycles. The van der Waals surface area contributed by atoms with Gasteiger partial charge in [-0.05, 0) is 12.8 Å². The van der Waals surface area contributed by atoms with Crippen molar-refractivity contribution in [2.24, 2.45) is 0 Å². The van der Waals surface area contributed by atoms with Crippen molar-refractivity contribution in [3.63, 3.8) is 0 Å². The molecule has 1 aliphatic heterocycles. The molecular formula is C50H99NO8. The van der Waals surface area contributed by atoms with Gasteiger partial charge in [0.1, 0.15) is 24.4 Å². The van der Waals surface area contributed by atoms with Crippen LogP contribution >= 0.6 is 0 Å². The van der Waals surface area contributed by atoms with Crippen LogP contribution in [-0.2, 0) is 14.3 Å². The molecular weight excluding hydrogens is 743 g/mol. The van der Waals surface area contributed by atoms with Crippen LogP contribution in [-0.4, -0.2) is 87.5 Å². The summed E-state index contributed by atoms with van der Waals surface area (Å²) in [5.41, 5.74) is 0. The molecule has 352 valence electrons. The summed E-state index contributed by atoms with van der Waals surface area (Å²) in [5.74, 6) is -0.139. The molecule has 1 aliphatic rings. The van der Waals surface area contributed by atoms with E-state index < -0.39 is 49.5 Å². The first-order valence-electron chi connectivity index (χ1n) is 25.7. The molecule has 7 atom stereocenters. The van der Waals surface area contributed by atoms with E-state index in [2.05, 4.69) is 19.2 Å². The SMILES string of the molecule is CCCCCCCCCCCCCCCCCCCCCCCCCCCC(=O)N[C@@H](CO[C@@H]1O[C@H](CO)[C@@H](O)C(O)C1O)[C@H](O)CCCCCCCCCCCCC. The number of ether oxygens (including phenoxy) is 2. The number of nitrogens with one attached hydrogen (secondary N) is 1. The Balaban J connectivity index is 2.16. The van der Waals surface area contributed by atoms with Gasteiger partial charge in [-0.1, -0.05) is 239 Å². The second kappa shape index (κ2) is 41.2. The van der Waals surface area contributed by atoms with Crippen molar-refractivity contribution in [2.45, 2.75) is 301 Å². The zero-order chi connectivity index (χ0) is 43.0. The molecule has 0 bridgehead atoms. The Morgan fingerprint density at radius 2 is 0.847 bits per heavy atom. The Morgan fingerprint density at radius 1 is 0.508 bits per heavy atom. The van der Waals surface area contributed by atoms with Crippen LogP contribution in [0.4, 0.5) is 0 Å². The fraction of sp³-hybridized carbons (Fsp3) is 0.980. The van der Waals surface area contributed by atoms with Gasteiger partial charge < -0.3 is 40.3 Å². The molecule has 2 unspecified atom stereocenters. The molecule has 0 aromatic heterocycles. The number of amides is 1. The number of rotatable bonds is 44. The Hall–Kier alpha value is -0.810. The molecule has 0 radical (unpaired) electrons. The molecule has 59 heavy (non-hydrogen) atoms. The third-order valence-corrected chi connectivity index (χ3v) is 12.7. The highest BCUT2D eigenvalue weighted by atomic mass is 16.7. The fourth-order valence-electron chi connectivity index (χ4n) is 8.58. The van der Waals surface area contributed by atoms with E-state index in [9.17, 15) is 30.3 Å². The van der Waals surface area contributed by atoms with Gasteiger partial charge in [-0.3, -0.25) is 4.79 Å². The van der Waals surface area contributed by atoms with Crippen molar-refractivity contribution >= 4 is 5.91 Å². The zero-order valence-electron chi connectivity index (χ0n) is 38.8. The van der Waals surface area contributed by atoms with Crippen molar-refractivity contribution in [1.29, 1.82) is 0 Å². The van der Waals surface area contributed by atoms with E-state index in [-0.39, 0.29) is 12.5 Å². The van der Waals surface area contributed by atoms with Gasteiger partial charge in [-0.2, -0.15) is 0 Å². The Bertz CT molecular complexity index is 893. The number of aliphatic hydroxyl groups excluding tert-OH is 5. The summed E-state index contributed by atoms with van der Waals surface area (Å²) in [5, 5.41) is 54.4. The van der Waals surface area contributed by atoms with Crippen molar-refractivity contribution in [3.8, 4) is 0 Å². The van der Waals surface area contributed by atoms with Crippen LogP contribution in [0.5, 0.6) is 0 Å². The normalized spacial score (nSPS) is 20.6. The Labute approximate surface area is 364 Å². The zero-order valence-corrected chi connectivity index (χ0v) is 38.8. The van der Waals surface area contributed by atoms with Crippen LogP contribution < -0.4 is 5.32 Å². The molecule has 0 aromatic rings. The second-order valence-corrected chi connectivity index (χ2v) is 18.3. The Morgan fingerprint density at radius 3 is 1.20 bits per heavy atom. The summed E-state index contributed by atoms with van der Waals surface area (Å²) in [7, 11) is 0. The van der Waals surface area contributed by atoms with Crippen molar-refractivity contribution in [3.05, 3.63) is 0 Å². The van der Waals surface area contributed by atoms with Crippen LogP contribution in [0, 0.1) is 0 Å². The molecule has 1 rings (SSSR count). The molecule has 1 heterocycles. The van der Waals surface area contributed by atoms with E-state index in [1.165, 1.54) is 193 Å². The average Bonchev–Trinajstić information content (AvgIpc) is 3.23. The number of hydrogen-bond acceptors (Lipinski definition) is 8. The van der Waals surface area contributed by atoms with Crippen molar-refractivity contribution in [1.82, 2.24) is 5.32 Å². The number of unbranched alkanes of at least 4 members (excludes halogenated alkanes) is 34. The van der Waals surface area contributed by atoms with Crippen LogP contribution in [0.1, 0.15) is 258 Å². The minimum absolute atomic E-state index is 0.132. The summed E-state index contributed by atoms with van der Waals surface area (Å²) >= 11 is 0. The summed E-state index contributed by atoms with van der Waals surface area (Å²) in [4.78, 5) is 13.0. The quantitative estimate of drug-likeness (QED) is 0.0332. The lowest BCUT2D eigenvalue weighted by atomic mass is 9.99. The molecule has 1 amide bonds. The van der Waals surface area contributed by atoms with Gasteiger partial charge in [0.15, 0.2) is 6.29 Å². The maximum atomic E-state index is 13.0. The van der Waals surface area contributed by atoms with Crippen molar-refractivity contribution in [2.75, 3.05) is 13.2 Å². The predicted molar refractivity (Wildman–Crippen MR) is 244 cm³/mol. The summed E-state index contributed by atoms with van der Waals surface area (Å²) in [6, 6.07) is -0.711. The maximum Gasteiger partial charge on any atom is 0.220 e. The minimum Gasteiger partial charge on any atom is -0.394 e. The van der Waals surface area contributed by atoms with E-state index >= 15 is 0 Å². The van der Waals surface area contributed by atoms with E-state index in [1.54, 1.807) is 0 Å². The highest BCUT2D eigenvalue weighted by molar-refractivity contribution is 5.76.